The quantitative estimate of drug-likeness (QED) is 0.596. The number of hydrogen-bond acceptors (Lipinski definition) is 4. The number of aromatic amines is 1. The van der Waals surface area contributed by atoms with Crippen LogP contribution < -0.4 is 0 Å². The van der Waals surface area contributed by atoms with Gasteiger partial charge in [0.15, 0.2) is 6.04 Å². The predicted molar refractivity (Wildman–Crippen MR) is 99.8 cm³/mol. The molecule has 2 aromatic heterocycles. The fourth-order valence-corrected chi connectivity index (χ4v) is 3.88. The van der Waals surface area contributed by atoms with E-state index in [1.807, 2.05) is 30.3 Å². The van der Waals surface area contributed by atoms with Crippen molar-refractivity contribution in [3.63, 3.8) is 0 Å². The zero-order valence-electron chi connectivity index (χ0n) is 14.9. The lowest BCUT2D eigenvalue weighted by molar-refractivity contribution is -0.134. The summed E-state index contributed by atoms with van der Waals surface area (Å²) in [6, 6.07) is 13.5. The standard InChI is InChI=1S/C20H17FN6O/c21-14-6-7-17-15(10-14)16-11-26(9-8-18(16)23-17)20(28)19(27-12-22-24-25-27)13-4-2-1-3-5-13/h1-7,10,12,19,23H,8-9,11H2/t19-/m1/s1. The van der Waals surface area contributed by atoms with E-state index in [4.69, 9.17) is 0 Å². The minimum atomic E-state index is -0.639. The fourth-order valence-electron chi connectivity index (χ4n) is 3.88. The van der Waals surface area contributed by atoms with Gasteiger partial charge in [0.1, 0.15) is 12.1 Å². The summed E-state index contributed by atoms with van der Waals surface area (Å²) in [6.07, 6.45) is 2.14. The van der Waals surface area contributed by atoms with Crippen LogP contribution >= 0.6 is 0 Å². The van der Waals surface area contributed by atoms with Crippen LogP contribution in [0.2, 0.25) is 0 Å². The summed E-state index contributed by atoms with van der Waals surface area (Å²) in [7, 11) is 0. The summed E-state index contributed by atoms with van der Waals surface area (Å²) in [4.78, 5) is 18.6. The first-order valence-electron chi connectivity index (χ1n) is 9.06. The smallest absolute Gasteiger partial charge is 0.252 e. The third-order valence-electron chi connectivity index (χ3n) is 5.23. The van der Waals surface area contributed by atoms with Gasteiger partial charge in [-0.1, -0.05) is 30.3 Å². The van der Waals surface area contributed by atoms with Crippen molar-refractivity contribution in [3.05, 3.63) is 77.5 Å². The topological polar surface area (TPSA) is 79.7 Å². The predicted octanol–water partition coefficient (Wildman–Crippen LogP) is 2.47. The Morgan fingerprint density at radius 1 is 1.18 bits per heavy atom. The van der Waals surface area contributed by atoms with Crippen molar-refractivity contribution in [3.8, 4) is 0 Å². The molecule has 7 nitrogen and oxygen atoms in total. The summed E-state index contributed by atoms with van der Waals surface area (Å²) in [6.45, 7) is 0.996. The van der Waals surface area contributed by atoms with Gasteiger partial charge >= 0.3 is 0 Å². The number of benzene rings is 2. The van der Waals surface area contributed by atoms with E-state index in [1.165, 1.54) is 23.1 Å². The average Bonchev–Trinajstić information content (AvgIpc) is 3.36. The second-order valence-corrected chi connectivity index (χ2v) is 6.88. The summed E-state index contributed by atoms with van der Waals surface area (Å²) < 4.78 is 15.2. The van der Waals surface area contributed by atoms with E-state index in [1.54, 1.807) is 11.0 Å². The number of tetrazole rings is 1. The Balaban J connectivity index is 1.51. The van der Waals surface area contributed by atoms with E-state index in [2.05, 4.69) is 20.5 Å². The van der Waals surface area contributed by atoms with E-state index in [0.717, 1.165) is 27.7 Å². The number of halogens is 1. The van der Waals surface area contributed by atoms with E-state index in [0.29, 0.717) is 19.5 Å². The van der Waals surface area contributed by atoms with E-state index in [-0.39, 0.29) is 11.7 Å². The van der Waals surface area contributed by atoms with Crippen LogP contribution in [0, 0.1) is 5.82 Å². The Bertz CT molecular complexity index is 1140. The number of nitrogens with zero attached hydrogens (tertiary/aromatic N) is 5. The van der Waals surface area contributed by atoms with Gasteiger partial charge in [0, 0.05) is 41.7 Å². The molecule has 0 saturated heterocycles. The van der Waals surface area contributed by atoms with Crippen molar-refractivity contribution in [2.75, 3.05) is 6.54 Å². The molecule has 5 rings (SSSR count). The zero-order chi connectivity index (χ0) is 19.1. The van der Waals surface area contributed by atoms with Crippen molar-refractivity contribution < 1.29 is 9.18 Å². The second-order valence-electron chi connectivity index (χ2n) is 6.88. The summed E-state index contributed by atoms with van der Waals surface area (Å²) in [5.74, 6) is -0.372. The van der Waals surface area contributed by atoms with Gasteiger partial charge < -0.3 is 9.88 Å². The van der Waals surface area contributed by atoms with Gasteiger partial charge in [0.25, 0.3) is 5.91 Å². The molecule has 1 amide bonds. The third kappa shape index (κ3) is 2.74. The molecule has 140 valence electrons. The maximum Gasteiger partial charge on any atom is 0.252 e. The highest BCUT2D eigenvalue weighted by Gasteiger charge is 2.32. The molecule has 3 heterocycles. The lowest BCUT2D eigenvalue weighted by Crippen LogP contribution is -2.41. The summed E-state index contributed by atoms with van der Waals surface area (Å²) in [5.41, 5.74) is 3.73. The van der Waals surface area contributed by atoms with Gasteiger partial charge in [-0.2, -0.15) is 0 Å². The number of H-pyrrole nitrogens is 1. The summed E-state index contributed by atoms with van der Waals surface area (Å²) in [5, 5.41) is 12.2. The molecule has 0 fully saturated rings. The Hall–Kier alpha value is -3.55. The number of aromatic nitrogens is 5. The third-order valence-corrected chi connectivity index (χ3v) is 5.23. The Morgan fingerprint density at radius 3 is 2.82 bits per heavy atom. The molecule has 1 N–H and O–H groups in total. The van der Waals surface area contributed by atoms with Gasteiger partial charge in [-0.05, 0) is 34.2 Å². The minimum absolute atomic E-state index is 0.0881. The molecule has 0 aliphatic carbocycles. The van der Waals surface area contributed by atoms with Crippen molar-refractivity contribution in [1.82, 2.24) is 30.1 Å². The molecule has 0 unspecified atom stereocenters. The monoisotopic (exact) mass is 376 g/mol. The molecule has 1 atom stereocenters. The number of fused-ring (bicyclic) bond motifs is 3. The highest BCUT2D eigenvalue weighted by molar-refractivity contribution is 5.87. The van der Waals surface area contributed by atoms with Crippen LogP contribution in [0.15, 0.2) is 54.9 Å². The van der Waals surface area contributed by atoms with Crippen LogP contribution in [0.4, 0.5) is 4.39 Å². The van der Waals surface area contributed by atoms with Crippen molar-refractivity contribution >= 4 is 16.8 Å². The molecule has 2 aromatic carbocycles. The number of carbonyl (C=O) groups is 1. The lowest BCUT2D eigenvalue weighted by Gasteiger charge is -2.30. The van der Waals surface area contributed by atoms with Gasteiger partial charge in [0.05, 0.1) is 0 Å². The number of amides is 1. The van der Waals surface area contributed by atoms with Crippen LogP contribution in [0.3, 0.4) is 0 Å². The molecule has 0 spiro atoms. The molecular formula is C20H17FN6O. The molecular weight excluding hydrogens is 359 g/mol. The maximum absolute atomic E-state index is 13.8. The number of hydrogen-bond donors (Lipinski definition) is 1. The van der Waals surface area contributed by atoms with E-state index < -0.39 is 6.04 Å². The minimum Gasteiger partial charge on any atom is -0.358 e. The molecule has 1 aliphatic rings. The molecule has 8 heteroatoms. The van der Waals surface area contributed by atoms with Crippen molar-refractivity contribution in [2.45, 2.75) is 19.0 Å². The first-order chi connectivity index (χ1) is 13.7. The van der Waals surface area contributed by atoms with Gasteiger partial charge in [0.2, 0.25) is 0 Å². The largest absolute Gasteiger partial charge is 0.358 e. The maximum atomic E-state index is 13.8. The van der Waals surface area contributed by atoms with Crippen LogP contribution in [0.25, 0.3) is 10.9 Å². The first kappa shape index (κ1) is 16.6. The molecule has 0 radical (unpaired) electrons. The lowest BCUT2D eigenvalue weighted by atomic mass is 10.0. The molecule has 28 heavy (non-hydrogen) atoms. The van der Waals surface area contributed by atoms with Gasteiger partial charge in [-0.3, -0.25) is 4.79 Å². The molecule has 1 aliphatic heterocycles. The number of carbonyl (C=O) groups excluding carboxylic acids is 1. The van der Waals surface area contributed by atoms with Gasteiger partial charge in [-0.25, -0.2) is 9.07 Å². The first-order valence-corrected chi connectivity index (χ1v) is 9.06. The Kier molecular flexibility index (Phi) is 3.89. The van der Waals surface area contributed by atoms with Crippen LogP contribution in [0.1, 0.15) is 22.9 Å². The number of rotatable bonds is 3. The van der Waals surface area contributed by atoms with E-state index in [9.17, 15) is 9.18 Å². The molecule has 4 aromatic rings. The van der Waals surface area contributed by atoms with E-state index >= 15 is 0 Å². The second kappa shape index (κ2) is 6.56. The van der Waals surface area contributed by atoms with Gasteiger partial charge in [-0.15, -0.1) is 5.10 Å². The average molecular weight is 376 g/mol. The molecule has 0 bridgehead atoms. The highest BCUT2D eigenvalue weighted by Crippen LogP contribution is 2.30. The Morgan fingerprint density at radius 2 is 2.04 bits per heavy atom. The summed E-state index contributed by atoms with van der Waals surface area (Å²) >= 11 is 0. The fraction of sp³-hybridized carbons (Fsp3) is 0.200. The van der Waals surface area contributed by atoms with Crippen molar-refractivity contribution in [1.29, 1.82) is 0 Å². The van der Waals surface area contributed by atoms with Crippen LogP contribution in [-0.4, -0.2) is 42.5 Å². The zero-order valence-corrected chi connectivity index (χ0v) is 14.9. The normalized spacial score (nSPS) is 14.8. The Labute approximate surface area is 159 Å². The highest BCUT2D eigenvalue weighted by atomic mass is 19.1. The van der Waals surface area contributed by atoms with Crippen molar-refractivity contribution in [2.24, 2.45) is 0 Å². The number of nitrogens with one attached hydrogen (secondary N) is 1. The van der Waals surface area contributed by atoms with Crippen LogP contribution in [0.5, 0.6) is 0 Å². The van der Waals surface area contributed by atoms with Crippen LogP contribution in [-0.2, 0) is 17.8 Å². The molecule has 0 saturated carbocycles. The SMILES string of the molecule is O=C([C@@H](c1ccccc1)n1cnnn1)N1CCc2[nH]c3ccc(F)cc3c2C1.